The molecule has 2 amide bonds. The van der Waals surface area contributed by atoms with Gasteiger partial charge in [0.05, 0.1) is 11.5 Å². The van der Waals surface area contributed by atoms with Gasteiger partial charge in [0.15, 0.2) is 0 Å². The minimum atomic E-state index is -3.64. The van der Waals surface area contributed by atoms with E-state index in [1.165, 1.54) is 22.5 Å². The highest BCUT2D eigenvalue weighted by Crippen LogP contribution is 2.26. The van der Waals surface area contributed by atoms with Crippen LogP contribution in [0.1, 0.15) is 40.7 Å². The molecular weight excluding hydrogens is 466 g/mol. The lowest BCUT2D eigenvalue weighted by Crippen LogP contribution is -2.41. The highest BCUT2D eigenvalue weighted by molar-refractivity contribution is 7.89. The van der Waals surface area contributed by atoms with Crippen molar-refractivity contribution in [2.24, 2.45) is 5.92 Å². The van der Waals surface area contributed by atoms with Crippen molar-refractivity contribution in [2.45, 2.75) is 37.1 Å². The fourth-order valence-electron chi connectivity index (χ4n) is 4.41. The molecule has 1 fully saturated rings. The van der Waals surface area contributed by atoms with Gasteiger partial charge in [0.25, 0.3) is 5.91 Å². The van der Waals surface area contributed by atoms with E-state index in [9.17, 15) is 18.0 Å². The smallest absolute Gasteiger partial charge is 0.251 e. The van der Waals surface area contributed by atoms with Gasteiger partial charge in [0.2, 0.25) is 15.9 Å². The van der Waals surface area contributed by atoms with Crippen molar-refractivity contribution >= 4 is 21.8 Å². The number of ether oxygens (including phenoxy) is 1. The van der Waals surface area contributed by atoms with Crippen LogP contribution in [0.25, 0.3) is 0 Å². The monoisotopic (exact) mass is 497 g/mol. The molecule has 35 heavy (non-hydrogen) atoms. The molecule has 0 unspecified atom stereocenters. The summed E-state index contributed by atoms with van der Waals surface area (Å²) in [5.41, 5.74) is 2.55. The first-order valence-corrected chi connectivity index (χ1v) is 13.3. The predicted molar refractivity (Wildman–Crippen MR) is 133 cm³/mol. The summed E-state index contributed by atoms with van der Waals surface area (Å²) in [5.74, 6) is 0.664. The van der Waals surface area contributed by atoms with Gasteiger partial charge in [0, 0.05) is 31.7 Å². The van der Waals surface area contributed by atoms with Crippen molar-refractivity contribution in [3.8, 4) is 5.75 Å². The van der Waals surface area contributed by atoms with E-state index in [4.69, 9.17) is 4.74 Å². The molecule has 0 aliphatic carbocycles. The molecule has 186 valence electrons. The summed E-state index contributed by atoms with van der Waals surface area (Å²) in [6, 6.07) is 12.0. The predicted octanol–water partition coefficient (Wildman–Crippen LogP) is 2.64. The number of fused-ring (bicyclic) bond motifs is 1. The number of hydrogen-bond acceptors (Lipinski definition) is 5. The standard InChI is InChI=1S/C26H31N3O5S/c1-2-25(30)27-17-19-11-13-29(14-12-19)35(32,33)23-8-6-21(7-9-23)26(31)28-18-20-5-10-24-22(16-20)4-3-15-34-24/h2,5-10,16,19H,1,3-4,11-15,17-18H2,(H,27,30)(H,28,31). The molecule has 2 aromatic carbocycles. The zero-order chi connectivity index (χ0) is 24.8. The van der Waals surface area contributed by atoms with Gasteiger partial charge in [0.1, 0.15) is 5.75 Å². The molecule has 2 heterocycles. The van der Waals surface area contributed by atoms with E-state index < -0.39 is 10.0 Å². The first-order chi connectivity index (χ1) is 16.9. The number of nitrogens with one attached hydrogen (secondary N) is 2. The highest BCUT2D eigenvalue weighted by atomic mass is 32.2. The zero-order valence-corrected chi connectivity index (χ0v) is 20.5. The molecule has 4 rings (SSSR count). The van der Waals surface area contributed by atoms with Gasteiger partial charge >= 0.3 is 0 Å². The van der Waals surface area contributed by atoms with Crippen LogP contribution in [0.4, 0.5) is 0 Å². The Morgan fingerprint density at radius 1 is 1.09 bits per heavy atom. The minimum absolute atomic E-state index is 0.169. The molecule has 0 bridgehead atoms. The second-order valence-corrected chi connectivity index (χ2v) is 10.8. The summed E-state index contributed by atoms with van der Waals surface area (Å²) in [7, 11) is -3.64. The van der Waals surface area contributed by atoms with E-state index in [0.29, 0.717) is 44.6 Å². The first-order valence-electron chi connectivity index (χ1n) is 11.9. The molecule has 0 atom stereocenters. The number of benzene rings is 2. The Labute approximate surface area is 206 Å². The Bertz CT molecular complexity index is 1190. The Kier molecular flexibility index (Phi) is 7.87. The van der Waals surface area contributed by atoms with Gasteiger partial charge in [-0.05, 0) is 79.1 Å². The fourth-order valence-corrected chi connectivity index (χ4v) is 5.88. The maximum atomic E-state index is 13.0. The maximum Gasteiger partial charge on any atom is 0.251 e. The Balaban J connectivity index is 1.31. The number of carbonyl (C=O) groups excluding carboxylic acids is 2. The number of sulfonamides is 1. The topological polar surface area (TPSA) is 105 Å². The number of piperidine rings is 1. The second kappa shape index (κ2) is 11.0. The van der Waals surface area contributed by atoms with Crippen LogP contribution in [-0.2, 0) is 27.8 Å². The molecule has 0 radical (unpaired) electrons. The largest absolute Gasteiger partial charge is 0.493 e. The fraction of sp³-hybridized carbons (Fsp3) is 0.385. The molecule has 0 aromatic heterocycles. The Morgan fingerprint density at radius 3 is 2.54 bits per heavy atom. The van der Waals surface area contributed by atoms with Gasteiger partial charge in [-0.3, -0.25) is 9.59 Å². The minimum Gasteiger partial charge on any atom is -0.493 e. The van der Waals surface area contributed by atoms with Crippen molar-refractivity contribution in [3.05, 3.63) is 71.8 Å². The van der Waals surface area contributed by atoms with Crippen molar-refractivity contribution in [1.82, 2.24) is 14.9 Å². The molecular formula is C26H31N3O5S. The van der Waals surface area contributed by atoms with Crippen molar-refractivity contribution in [3.63, 3.8) is 0 Å². The molecule has 2 aliphatic heterocycles. The SMILES string of the molecule is C=CC(=O)NCC1CCN(S(=O)(=O)c2ccc(C(=O)NCc3ccc4c(c3)CCCO4)cc2)CC1. The summed E-state index contributed by atoms with van der Waals surface area (Å²) in [6.07, 6.45) is 4.53. The second-order valence-electron chi connectivity index (χ2n) is 8.90. The lowest BCUT2D eigenvalue weighted by molar-refractivity contribution is -0.116. The van der Waals surface area contributed by atoms with E-state index in [0.717, 1.165) is 36.3 Å². The molecule has 2 aromatic rings. The van der Waals surface area contributed by atoms with Gasteiger partial charge in [-0.15, -0.1) is 0 Å². The van der Waals surface area contributed by atoms with Gasteiger partial charge in [-0.25, -0.2) is 8.42 Å². The summed E-state index contributed by atoms with van der Waals surface area (Å²) in [4.78, 5) is 24.1. The number of carbonyl (C=O) groups is 2. The number of aryl methyl sites for hydroxylation is 1. The molecule has 8 nitrogen and oxygen atoms in total. The van der Waals surface area contributed by atoms with Crippen LogP contribution in [0, 0.1) is 5.92 Å². The van der Waals surface area contributed by atoms with Crippen molar-refractivity contribution in [1.29, 1.82) is 0 Å². The summed E-state index contributed by atoms with van der Waals surface area (Å²) in [6.45, 7) is 5.85. The van der Waals surface area contributed by atoms with Crippen LogP contribution >= 0.6 is 0 Å². The zero-order valence-electron chi connectivity index (χ0n) is 19.7. The number of hydrogen-bond donors (Lipinski definition) is 2. The number of amides is 2. The van der Waals surface area contributed by atoms with E-state index >= 15 is 0 Å². The Morgan fingerprint density at radius 2 is 1.83 bits per heavy atom. The molecule has 2 aliphatic rings. The van der Waals surface area contributed by atoms with Crippen molar-refractivity contribution in [2.75, 3.05) is 26.2 Å². The average Bonchev–Trinajstić information content (AvgIpc) is 2.90. The van der Waals surface area contributed by atoms with Gasteiger partial charge in [-0.2, -0.15) is 4.31 Å². The van der Waals surface area contributed by atoms with Crippen LogP contribution in [0.15, 0.2) is 60.0 Å². The normalized spacial score (nSPS) is 16.6. The Hall–Kier alpha value is -3.17. The van der Waals surface area contributed by atoms with Crippen LogP contribution in [-0.4, -0.2) is 50.8 Å². The third-order valence-electron chi connectivity index (χ3n) is 6.50. The quantitative estimate of drug-likeness (QED) is 0.546. The number of nitrogens with zero attached hydrogens (tertiary/aromatic N) is 1. The third-order valence-corrected chi connectivity index (χ3v) is 8.42. The molecule has 0 saturated carbocycles. The lowest BCUT2D eigenvalue weighted by Gasteiger charge is -2.31. The van der Waals surface area contributed by atoms with Crippen LogP contribution < -0.4 is 15.4 Å². The maximum absolute atomic E-state index is 13.0. The van der Waals surface area contributed by atoms with Crippen LogP contribution in [0.3, 0.4) is 0 Å². The van der Waals surface area contributed by atoms with E-state index in [-0.39, 0.29) is 22.6 Å². The van der Waals surface area contributed by atoms with Crippen molar-refractivity contribution < 1.29 is 22.7 Å². The summed E-state index contributed by atoms with van der Waals surface area (Å²) >= 11 is 0. The lowest BCUT2D eigenvalue weighted by atomic mass is 9.98. The van der Waals surface area contributed by atoms with E-state index in [1.54, 1.807) is 12.1 Å². The first kappa shape index (κ1) is 24.9. The molecule has 1 saturated heterocycles. The third kappa shape index (κ3) is 6.10. The van der Waals surface area contributed by atoms with E-state index in [1.807, 2.05) is 12.1 Å². The average molecular weight is 498 g/mol. The summed E-state index contributed by atoms with van der Waals surface area (Å²) in [5, 5.41) is 5.67. The summed E-state index contributed by atoms with van der Waals surface area (Å²) < 4.78 is 33.2. The molecule has 0 spiro atoms. The molecule has 9 heteroatoms. The highest BCUT2D eigenvalue weighted by Gasteiger charge is 2.29. The van der Waals surface area contributed by atoms with Crippen LogP contribution in [0.2, 0.25) is 0 Å². The van der Waals surface area contributed by atoms with Gasteiger partial charge < -0.3 is 15.4 Å². The van der Waals surface area contributed by atoms with Crippen LogP contribution in [0.5, 0.6) is 5.75 Å². The van der Waals surface area contributed by atoms with Gasteiger partial charge in [-0.1, -0.05) is 18.7 Å². The van der Waals surface area contributed by atoms with E-state index in [2.05, 4.69) is 23.3 Å². The number of rotatable bonds is 8. The molecule has 2 N–H and O–H groups in total.